The molecule has 0 aliphatic carbocycles. The topological polar surface area (TPSA) is 156 Å². The number of unbranched alkanes of at least 4 members (excludes halogenated alkanes) is 20. The largest absolute Gasteiger partial charge is 0.462 e. The van der Waals surface area contributed by atoms with Crippen LogP contribution in [-0.2, 0) is 19.1 Å². The number of allylic oxidation sites excluding steroid dienone is 4. The maximum atomic E-state index is 12.1. The summed E-state index contributed by atoms with van der Waals surface area (Å²) in [5, 5.41) is 17.9. The van der Waals surface area contributed by atoms with Crippen LogP contribution in [0.5, 0.6) is 0 Å². The van der Waals surface area contributed by atoms with Crippen molar-refractivity contribution in [3.8, 4) is 0 Å². The standard InChI is InChI=1S/C37H68O5.C5H14NO.2H2O/c1-3-5-7-9-11-13-15-17-18-20-22-24-26-28-30-32-37(40)42-35(33-38)34-41-36(39)31-29-27-25-23-21-19-16-14-12-10-8-6-4-2;1-6(2,3)4-5-7;;/h11,13,17-18,35,38H,3-10,12,14-16,19-34H2,1-2H3;7H,4-5H2,1-3H3;2*1H2/q;+1;;/b13-11-,18-17-;;;/t35-;;;/m0.../s1. The van der Waals surface area contributed by atoms with Crippen LogP contribution in [0.15, 0.2) is 24.3 Å². The first-order valence-electron chi connectivity index (χ1n) is 20.4. The molecule has 0 amide bonds. The van der Waals surface area contributed by atoms with Crippen molar-refractivity contribution in [2.45, 2.75) is 187 Å². The molecular weight excluding hydrogens is 646 g/mol. The van der Waals surface area contributed by atoms with Gasteiger partial charge in [0.05, 0.1) is 34.4 Å². The zero-order chi connectivity index (χ0) is 36.7. The molecule has 306 valence electrons. The van der Waals surface area contributed by atoms with Gasteiger partial charge in [-0.3, -0.25) is 9.59 Å². The van der Waals surface area contributed by atoms with Crippen molar-refractivity contribution in [1.82, 2.24) is 0 Å². The van der Waals surface area contributed by atoms with Gasteiger partial charge in [-0.15, -0.1) is 0 Å². The highest BCUT2D eigenvalue weighted by Crippen LogP contribution is 2.14. The van der Waals surface area contributed by atoms with Gasteiger partial charge < -0.3 is 35.1 Å². The molecule has 0 fully saturated rings. The Kier molecular flexibility index (Phi) is 48.7. The van der Waals surface area contributed by atoms with Crippen molar-refractivity contribution in [2.75, 3.05) is 47.5 Å². The number of ether oxygens (including phenoxy) is 2. The second-order valence-electron chi connectivity index (χ2n) is 14.7. The van der Waals surface area contributed by atoms with Crippen molar-refractivity contribution in [3.63, 3.8) is 0 Å². The predicted molar refractivity (Wildman–Crippen MR) is 215 cm³/mol. The lowest BCUT2D eigenvalue weighted by Crippen LogP contribution is -2.36. The van der Waals surface area contributed by atoms with Crippen molar-refractivity contribution < 1.29 is 44.7 Å². The Balaban J connectivity index is -0.00000110. The van der Waals surface area contributed by atoms with E-state index in [1.807, 2.05) is 0 Å². The van der Waals surface area contributed by atoms with Crippen LogP contribution in [0.3, 0.4) is 0 Å². The Morgan fingerprint density at radius 1 is 0.569 bits per heavy atom. The molecule has 9 heteroatoms. The number of aliphatic hydroxyl groups is 2. The van der Waals surface area contributed by atoms with Crippen LogP contribution in [0.4, 0.5) is 0 Å². The fourth-order valence-corrected chi connectivity index (χ4v) is 5.29. The second kappa shape index (κ2) is 44.4. The van der Waals surface area contributed by atoms with E-state index in [1.54, 1.807) is 0 Å². The molecule has 0 aliphatic heterocycles. The maximum Gasteiger partial charge on any atom is 0.306 e. The first-order chi connectivity index (χ1) is 23.7. The van der Waals surface area contributed by atoms with Crippen LogP contribution >= 0.6 is 0 Å². The third kappa shape index (κ3) is 50.4. The molecule has 0 radical (unpaired) electrons. The summed E-state index contributed by atoms with van der Waals surface area (Å²) < 4.78 is 11.4. The maximum absolute atomic E-state index is 12.1. The number of carbonyl (C=O) groups is 2. The highest BCUT2D eigenvalue weighted by Gasteiger charge is 2.16. The van der Waals surface area contributed by atoms with E-state index >= 15 is 0 Å². The minimum atomic E-state index is -0.772. The van der Waals surface area contributed by atoms with Crippen LogP contribution in [-0.4, -0.2) is 91.2 Å². The fraction of sp³-hybridized carbons (Fsp3) is 0.857. The fourth-order valence-electron chi connectivity index (χ4n) is 5.29. The molecule has 0 aliphatic rings. The molecule has 0 heterocycles. The number of quaternary nitrogens is 1. The summed E-state index contributed by atoms with van der Waals surface area (Å²) in [4.78, 5) is 24.1. The minimum absolute atomic E-state index is 0. The molecule has 0 aromatic rings. The molecule has 9 nitrogen and oxygen atoms in total. The van der Waals surface area contributed by atoms with Crippen molar-refractivity contribution in [3.05, 3.63) is 24.3 Å². The van der Waals surface area contributed by atoms with Gasteiger partial charge in [-0.25, -0.2) is 0 Å². The molecule has 0 saturated carbocycles. The Bertz CT molecular complexity index is 766. The average Bonchev–Trinajstić information content (AvgIpc) is 3.06. The predicted octanol–water partition coefficient (Wildman–Crippen LogP) is 8.76. The van der Waals surface area contributed by atoms with Crippen molar-refractivity contribution in [2.24, 2.45) is 0 Å². The molecule has 0 rings (SSSR count). The number of hydrogen-bond acceptors (Lipinski definition) is 6. The van der Waals surface area contributed by atoms with E-state index in [4.69, 9.17) is 14.6 Å². The molecule has 51 heavy (non-hydrogen) atoms. The van der Waals surface area contributed by atoms with Gasteiger partial charge in [-0.05, 0) is 44.9 Å². The van der Waals surface area contributed by atoms with Gasteiger partial charge in [-0.2, -0.15) is 0 Å². The second-order valence-corrected chi connectivity index (χ2v) is 14.7. The van der Waals surface area contributed by atoms with Crippen LogP contribution in [0.25, 0.3) is 0 Å². The third-order valence-electron chi connectivity index (χ3n) is 8.52. The van der Waals surface area contributed by atoms with E-state index in [-0.39, 0.29) is 42.7 Å². The van der Waals surface area contributed by atoms with Crippen LogP contribution in [0.2, 0.25) is 0 Å². The number of hydrogen-bond donors (Lipinski definition) is 2. The summed E-state index contributed by atoms with van der Waals surface area (Å²) >= 11 is 0. The normalized spacial score (nSPS) is 11.8. The molecule has 1 atom stereocenters. The summed E-state index contributed by atoms with van der Waals surface area (Å²) in [5.74, 6) is -0.603. The van der Waals surface area contributed by atoms with E-state index in [9.17, 15) is 14.7 Å². The minimum Gasteiger partial charge on any atom is -0.462 e. The monoisotopic (exact) mass is 733 g/mol. The summed E-state index contributed by atoms with van der Waals surface area (Å²) in [6.45, 7) is 5.21. The molecule has 0 bridgehead atoms. The van der Waals surface area contributed by atoms with Crippen LogP contribution < -0.4 is 0 Å². The Labute approximate surface area is 314 Å². The van der Waals surface area contributed by atoms with Gasteiger partial charge in [0, 0.05) is 12.8 Å². The van der Waals surface area contributed by atoms with Gasteiger partial charge in [0.2, 0.25) is 0 Å². The van der Waals surface area contributed by atoms with E-state index in [1.165, 1.54) is 103 Å². The van der Waals surface area contributed by atoms with Gasteiger partial charge >= 0.3 is 11.9 Å². The Hall–Kier alpha value is -1.78. The molecule has 6 N–H and O–H groups in total. The Morgan fingerprint density at radius 3 is 1.37 bits per heavy atom. The van der Waals surface area contributed by atoms with E-state index in [0.717, 1.165) is 62.4 Å². The molecule has 0 saturated heterocycles. The third-order valence-corrected chi connectivity index (χ3v) is 8.52. The van der Waals surface area contributed by atoms with E-state index in [0.29, 0.717) is 12.8 Å². The van der Waals surface area contributed by atoms with Crippen LogP contribution in [0.1, 0.15) is 181 Å². The lowest BCUT2D eigenvalue weighted by Gasteiger charge is -2.21. The van der Waals surface area contributed by atoms with Crippen LogP contribution in [0, 0.1) is 0 Å². The highest BCUT2D eigenvalue weighted by atomic mass is 16.6. The summed E-state index contributed by atoms with van der Waals surface area (Å²) in [5.41, 5.74) is 0. The lowest BCUT2D eigenvalue weighted by molar-refractivity contribution is -0.870. The molecular formula is C42H86NO8+. The smallest absolute Gasteiger partial charge is 0.306 e. The summed E-state index contributed by atoms with van der Waals surface area (Å²) in [6, 6.07) is 0. The number of rotatable bonds is 34. The summed E-state index contributed by atoms with van der Waals surface area (Å²) in [6.07, 6.45) is 38.0. The zero-order valence-electron chi connectivity index (χ0n) is 34.1. The van der Waals surface area contributed by atoms with E-state index in [2.05, 4.69) is 59.3 Å². The van der Waals surface area contributed by atoms with Gasteiger partial charge in [0.25, 0.3) is 0 Å². The average molecular weight is 733 g/mol. The van der Waals surface area contributed by atoms with Gasteiger partial charge in [0.1, 0.15) is 13.2 Å². The lowest BCUT2D eigenvalue weighted by atomic mass is 10.0. The SMILES string of the molecule is CCCCC/C=C\C/C=C\CCCCCCCC(=O)O[C@@H](CO)COC(=O)CCCCCCCCCCCCCCC.C[N+](C)(C)CCO.O.O. The number of carbonyl (C=O) groups excluding carboxylic acids is 2. The molecule has 0 spiro atoms. The quantitative estimate of drug-likeness (QED) is 0.0292. The van der Waals surface area contributed by atoms with Gasteiger partial charge in [-0.1, -0.05) is 147 Å². The number of likely N-dealkylation sites (N-methyl/N-ethyl adjacent to an activating group) is 1. The first kappa shape index (κ1) is 56.0. The van der Waals surface area contributed by atoms with Crippen molar-refractivity contribution >= 4 is 11.9 Å². The first-order valence-corrected chi connectivity index (χ1v) is 20.4. The zero-order valence-corrected chi connectivity index (χ0v) is 34.1. The Morgan fingerprint density at radius 2 is 0.961 bits per heavy atom. The molecule has 0 unspecified atom stereocenters. The molecule has 0 aromatic heterocycles. The molecule has 0 aromatic carbocycles. The summed E-state index contributed by atoms with van der Waals surface area (Å²) in [7, 11) is 6.16. The van der Waals surface area contributed by atoms with Gasteiger partial charge in [0.15, 0.2) is 6.10 Å². The number of nitrogens with zero attached hydrogens (tertiary/aromatic N) is 1. The highest BCUT2D eigenvalue weighted by molar-refractivity contribution is 5.70. The van der Waals surface area contributed by atoms with Crippen molar-refractivity contribution in [1.29, 1.82) is 0 Å². The number of esters is 2. The van der Waals surface area contributed by atoms with E-state index < -0.39 is 6.10 Å². The number of aliphatic hydroxyl groups excluding tert-OH is 2.